The lowest BCUT2D eigenvalue weighted by atomic mass is 9.95. The average Bonchev–Trinajstić information content (AvgIpc) is 3.46. The van der Waals surface area contributed by atoms with Gasteiger partial charge in [0.2, 0.25) is 5.91 Å². The summed E-state index contributed by atoms with van der Waals surface area (Å²) < 4.78 is 7.13. The largest absolute Gasteiger partial charge is 0.495 e. The molecular formula is C28H26ClN5O4. The highest BCUT2D eigenvalue weighted by Gasteiger charge is 2.25. The highest BCUT2D eigenvalue weighted by molar-refractivity contribution is 6.31. The van der Waals surface area contributed by atoms with Gasteiger partial charge in [-0.1, -0.05) is 36.2 Å². The molecule has 9 nitrogen and oxygen atoms in total. The van der Waals surface area contributed by atoms with E-state index in [9.17, 15) is 9.59 Å². The lowest BCUT2D eigenvalue weighted by molar-refractivity contribution is -0.119. The molecular weight excluding hydrogens is 506 g/mol. The van der Waals surface area contributed by atoms with Crippen LogP contribution in [0.3, 0.4) is 0 Å². The molecule has 1 atom stereocenters. The van der Waals surface area contributed by atoms with Crippen molar-refractivity contribution >= 4 is 39.9 Å². The number of halogens is 1. The van der Waals surface area contributed by atoms with Gasteiger partial charge in [-0.05, 0) is 42.3 Å². The zero-order valence-corrected chi connectivity index (χ0v) is 21.7. The Morgan fingerprint density at radius 2 is 1.92 bits per heavy atom. The van der Waals surface area contributed by atoms with E-state index in [1.165, 1.54) is 17.7 Å². The number of rotatable bonds is 8. The predicted octanol–water partition coefficient (Wildman–Crippen LogP) is 5.22. The minimum atomic E-state index is -0.751. The van der Waals surface area contributed by atoms with E-state index in [0.29, 0.717) is 59.0 Å². The number of hydrogen-bond acceptors (Lipinski definition) is 7. The number of pyridine rings is 1. The third kappa shape index (κ3) is 5.10. The highest BCUT2D eigenvalue weighted by Crippen LogP contribution is 2.35. The molecule has 5 rings (SSSR count). The Morgan fingerprint density at radius 3 is 2.66 bits per heavy atom. The van der Waals surface area contributed by atoms with Gasteiger partial charge >= 0.3 is 0 Å². The number of nitrogens with one attached hydrogen (secondary N) is 1. The van der Waals surface area contributed by atoms with Gasteiger partial charge in [-0.25, -0.2) is 0 Å². The predicted molar refractivity (Wildman–Crippen MR) is 147 cm³/mol. The number of oxime groups is 1. The van der Waals surface area contributed by atoms with Gasteiger partial charge < -0.3 is 14.9 Å². The first kappa shape index (κ1) is 25.4. The first-order chi connectivity index (χ1) is 18.5. The van der Waals surface area contributed by atoms with Gasteiger partial charge in [0.1, 0.15) is 18.4 Å². The molecule has 3 heterocycles. The summed E-state index contributed by atoms with van der Waals surface area (Å²) in [5.41, 5.74) is 4.47. The Kier molecular flexibility index (Phi) is 7.37. The molecule has 1 amide bonds. The zero-order chi connectivity index (χ0) is 26.6. The molecule has 4 aromatic rings. The van der Waals surface area contributed by atoms with Crippen molar-refractivity contribution < 1.29 is 14.4 Å². The first-order valence-electron chi connectivity index (χ1n) is 12.3. The van der Waals surface area contributed by atoms with Gasteiger partial charge in [0.15, 0.2) is 0 Å². The lowest BCUT2D eigenvalue weighted by Gasteiger charge is -2.21. The van der Waals surface area contributed by atoms with Crippen molar-refractivity contribution in [3.05, 3.63) is 82.0 Å². The quantitative estimate of drug-likeness (QED) is 0.334. The number of carbonyl (C=O) groups is 1. The Morgan fingerprint density at radius 1 is 1.11 bits per heavy atom. The number of methoxy groups -OCH3 is 1. The van der Waals surface area contributed by atoms with Crippen LogP contribution >= 0.6 is 11.6 Å². The molecule has 2 aromatic heterocycles. The van der Waals surface area contributed by atoms with Crippen LogP contribution in [0.15, 0.2) is 71.0 Å². The number of hydrogen-bond donors (Lipinski definition) is 1. The maximum Gasteiger partial charge on any atom is 0.252 e. The van der Waals surface area contributed by atoms with E-state index in [0.717, 1.165) is 16.8 Å². The van der Waals surface area contributed by atoms with Crippen LogP contribution in [0, 0.1) is 0 Å². The van der Waals surface area contributed by atoms with Crippen LogP contribution in [0.5, 0.6) is 5.75 Å². The molecule has 1 unspecified atom stereocenters. The number of aromatic nitrogens is 3. The summed E-state index contributed by atoms with van der Waals surface area (Å²) in [4.78, 5) is 40.6. The van der Waals surface area contributed by atoms with Gasteiger partial charge in [0.25, 0.3) is 5.56 Å². The zero-order valence-electron chi connectivity index (χ0n) is 21.0. The smallest absolute Gasteiger partial charge is 0.252 e. The minimum absolute atomic E-state index is 0.312. The fourth-order valence-corrected chi connectivity index (χ4v) is 4.74. The second-order valence-electron chi connectivity index (χ2n) is 8.87. The van der Waals surface area contributed by atoms with Crippen molar-refractivity contribution in [3.63, 3.8) is 0 Å². The average molecular weight is 532 g/mol. The standard InChI is InChI=1S/C28H26ClN5O4/c1-3-4-25(28(36)32-18-6-8-23-24(14-18)31-11-10-30-23)34-16-26(37-2)21(15-27(34)35)20-13-17(29)5-7-19(20)22-9-12-38-33-22/h5-8,10-11,13-16,25H,3-4,9,12H2,1-2H3,(H,32,36). The molecule has 2 aromatic carbocycles. The molecule has 1 N–H and O–H groups in total. The summed E-state index contributed by atoms with van der Waals surface area (Å²) in [6.07, 6.45) is 6.59. The van der Waals surface area contributed by atoms with Gasteiger partial charge in [-0.15, -0.1) is 0 Å². The summed E-state index contributed by atoms with van der Waals surface area (Å²) >= 11 is 6.33. The molecule has 0 radical (unpaired) electrons. The second-order valence-corrected chi connectivity index (χ2v) is 9.30. The molecule has 1 aliphatic heterocycles. The van der Waals surface area contributed by atoms with E-state index in [4.69, 9.17) is 21.2 Å². The molecule has 0 saturated carbocycles. The third-order valence-electron chi connectivity index (χ3n) is 6.39. The summed E-state index contributed by atoms with van der Waals surface area (Å²) in [6, 6.07) is 11.4. The minimum Gasteiger partial charge on any atom is -0.495 e. The van der Waals surface area contributed by atoms with E-state index in [1.807, 2.05) is 13.0 Å². The summed E-state index contributed by atoms with van der Waals surface area (Å²) in [5, 5.41) is 7.58. The second kappa shape index (κ2) is 11.0. The molecule has 0 spiro atoms. The number of carbonyl (C=O) groups excluding carboxylic acids is 1. The summed E-state index contributed by atoms with van der Waals surface area (Å²) in [7, 11) is 1.53. The maximum atomic E-state index is 13.5. The van der Waals surface area contributed by atoms with Crippen LogP contribution in [0.25, 0.3) is 22.2 Å². The van der Waals surface area contributed by atoms with Crippen LogP contribution in [0.2, 0.25) is 5.02 Å². The van der Waals surface area contributed by atoms with E-state index in [2.05, 4.69) is 20.4 Å². The van der Waals surface area contributed by atoms with Crippen molar-refractivity contribution in [2.45, 2.75) is 32.2 Å². The van der Waals surface area contributed by atoms with Gasteiger partial charge in [-0.2, -0.15) is 0 Å². The maximum absolute atomic E-state index is 13.5. The molecule has 0 saturated heterocycles. The van der Waals surface area contributed by atoms with Gasteiger partial charge in [0.05, 0.1) is 30.1 Å². The summed E-state index contributed by atoms with van der Waals surface area (Å²) in [5.74, 6) is 0.121. The molecule has 1 aliphatic rings. The van der Waals surface area contributed by atoms with Crippen molar-refractivity contribution in [3.8, 4) is 16.9 Å². The number of fused-ring (bicyclic) bond motifs is 1. The van der Waals surface area contributed by atoms with E-state index < -0.39 is 6.04 Å². The molecule has 0 aliphatic carbocycles. The van der Waals surface area contributed by atoms with E-state index >= 15 is 0 Å². The topological polar surface area (TPSA) is 108 Å². The molecule has 0 bridgehead atoms. The van der Waals surface area contributed by atoms with Crippen LogP contribution in [-0.2, 0) is 9.63 Å². The first-order valence-corrected chi connectivity index (χ1v) is 12.7. The van der Waals surface area contributed by atoms with Gasteiger partial charge in [-0.3, -0.25) is 24.1 Å². The number of anilines is 1. The van der Waals surface area contributed by atoms with Crippen LogP contribution < -0.4 is 15.6 Å². The molecule has 194 valence electrons. The number of amides is 1. The fraction of sp³-hybridized carbons (Fsp3) is 0.250. The SMILES string of the molecule is CCCC(C(=O)Nc1ccc2nccnc2c1)n1cc(OC)c(-c2cc(Cl)ccc2C2=NOCC2)cc1=O. The van der Waals surface area contributed by atoms with Crippen molar-refractivity contribution in [2.24, 2.45) is 5.16 Å². The Hall–Kier alpha value is -4.24. The molecule has 38 heavy (non-hydrogen) atoms. The van der Waals surface area contributed by atoms with E-state index in [-0.39, 0.29) is 11.5 Å². The lowest BCUT2D eigenvalue weighted by Crippen LogP contribution is -2.33. The molecule has 10 heteroatoms. The van der Waals surface area contributed by atoms with E-state index in [1.54, 1.807) is 48.9 Å². The van der Waals surface area contributed by atoms with Crippen LogP contribution in [-0.4, -0.2) is 39.9 Å². The molecule has 0 fully saturated rings. The Bertz CT molecular complexity index is 1600. The number of ether oxygens (including phenoxy) is 1. The highest BCUT2D eigenvalue weighted by atomic mass is 35.5. The van der Waals surface area contributed by atoms with Crippen LogP contribution in [0.1, 0.15) is 37.8 Å². The van der Waals surface area contributed by atoms with Crippen molar-refractivity contribution in [2.75, 3.05) is 19.0 Å². The summed E-state index contributed by atoms with van der Waals surface area (Å²) in [6.45, 7) is 2.46. The third-order valence-corrected chi connectivity index (χ3v) is 6.62. The van der Waals surface area contributed by atoms with Crippen molar-refractivity contribution in [1.29, 1.82) is 0 Å². The van der Waals surface area contributed by atoms with Crippen LogP contribution in [0.4, 0.5) is 5.69 Å². The number of nitrogens with zero attached hydrogens (tertiary/aromatic N) is 4. The number of benzene rings is 2. The Balaban J connectivity index is 1.52. The fourth-order valence-electron chi connectivity index (χ4n) is 4.57. The Labute approximate surface area is 224 Å². The van der Waals surface area contributed by atoms with Crippen molar-refractivity contribution in [1.82, 2.24) is 14.5 Å². The van der Waals surface area contributed by atoms with Gasteiger partial charge in [0, 0.05) is 46.7 Å². The normalized spacial score (nSPS) is 13.6. The monoisotopic (exact) mass is 531 g/mol.